The number of benzene rings is 2. The molecule has 8 nitrogen and oxygen atoms in total. The van der Waals surface area contributed by atoms with Crippen molar-refractivity contribution in [1.82, 2.24) is 14.9 Å². The molecule has 29 heavy (non-hydrogen) atoms. The van der Waals surface area contributed by atoms with Gasteiger partial charge in [0.05, 0.1) is 27.5 Å². The van der Waals surface area contributed by atoms with Crippen LogP contribution in [0.3, 0.4) is 0 Å². The van der Waals surface area contributed by atoms with E-state index < -0.39 is 0 Å². The van der Waals surface area contributed by atoms with Gasteiger partial charge in [-0.25, -0.2) is 5.10 Å². The van der Waals surface area contributed by atoms with Crippen LogP contribution in [0.2, 0.25) is 0 Å². The number of methoxy groups -OCH3 is 3. The van der Waals surface area contributed by atoms with Gasteiger partial charge in [0.25, 0.3) is 0 Å². The van der Waals surface area contributed by atoms with E-state index in [0.717, 1.165) is 11.3 Å². The zero-order valence-corrected chi connectivity index (χ0v) is 17.8. The summed E-state index contributed by atoms with van der Waals surface area (Å²) in [6, 6.07) is 11.6. The van der Waals surface area contributed by atoms with E-state index in [1.807, 2.05) is 43.3 Å². The Morgan fingerprint density at radius 2 is 1.66 bits per heavy atom. The van der Waals surface area contributed by atoms with Gasteiger partial charge < -0.3 is 19.1 Å². The second kappa shape index (κ2) is 8.78. The topological polar surface area (TPSA) is 76.9 Å². The number of hydrogen-bond donors (Lipinski definition) is 1. The molecule has 0 fully saturated rings. The first-order chi connectivity index (χ1) is 14.0. The number of aromatic nitrogens is 3. The summed E-state index contributed by atoms with van der Waals surface area (Å²) in [6.07, 6.45) is 1.73. The molecule has 0 radical (unpaired) electrons. The molecule has 1 heterocycles. The van der Waals surface area contributed by atoms with Crippen LogP contribution < -0.4 is 19.1 Å². The van der Waals surface area contributed by atoms with E-state index in [9.17, 15) is 0 Å². The molecule has 0 aliphatic heterocycles. The zero-order chi connectivity index (χ0) is 21.0. The van der Waals surface area contributed by atoms with Gasteiger partial charge in [0.15, 0.2) is 17.3 Å². The van der Waals surface area contributed by atoms with Crippen LogP contribution in [-0.4, -0.2) is 56.5 Å². The van der Waals surface area contributed by atoms with Gasteiger partial charge in [-0.2, -0.15) is 14.9 Å². The number of hydrogen-bond acceptors (Lipinski definition) is 7. The first-order valence-electron chi connectivity index (χ1n) is 8.78. The van der Waals surface area contributed by atoms with Crippen LogP contribution in [0.15, 0.2) is 41.5 Å². The maximum Gasteiger partial charge on any atom is 0.216 e. The minimum atomic E-state index is 0.370. The maximum atomic E-state index is 5.43. The van der Waals surface area contributed by atoms with Crippen LogP contribution >= 0.6 is 12.2 Å². The molecule has 152 valence electrons. The Bertz CT molecular complexity index is 1050. The van der Waals surface area contributed by atoms with Crippen molar-refractivity contribution in [3.8, 4) is 28.6 Å². The third-order valence-electron chi connectivity index (χ3n) is 4.31. The fourth-order valence-corrected chi connectivity index (χ4v) is 2.96. The lowest BCUT2D eigenvalue weighted by Gasteiger charge is -2.13. The van der Waals surface area contributed by atoms with E-state index in [0.29, 0.717) is 33.4 Å². The molecule has 0 amide bonds. The Kier molecular flexibility index (Phi) is 6.18. The Morgan fingerprint density at radius 3 is 2.17 bits per heavy atom. The van der Waals surface area contributed by atoms with Gasteiger partial charge >= 0.3 is 0 Å². The largest absolute Gasteiger partial charge is 0.493 e. The fourth-order valence-electron chi connectivity index (χ4n) is 2.78. The van der Waals surface area contributed by atoms with Crippen LogP contribution in [0.5, 0.6) is 17.2 Å². The first-order valence-corrected chi connectivity index (χ1v) is 9.18. The molecule has 0 saturated heterocycles. The number of nitrogens with one attached hydrogen (secondary N) is 1. The van der Waals surface area contributed by atoms with E-state index in [1.165, 1.54) is 0 Å². The highest BCUT2D eigenvalue weighted by molar-refractivity contribution is 7.71. The molecule has 3 rings (SSSR count). The molecular formula is C20H23N5O3S. The van der Waals surface area contributed by atoms with Crippen molar-refractivity contribution in [3.05, 3.63) is 46.7 Å². The lowest BCUT2D eigenvalue weighted by atomic mass is 10.1. The summed E-state index contributed by atoms with van der Waals surface area (Å²) >= 11 is 5.35. The summed E-state index contributed by atoms with van der Waals surface area (Å²) in [6.45, 7) is 0. The number of ether oxygens (including phenoxy) is 3. The summed E-state index contributed by atoms with van der Waals surface area (Å²) in [5, 5.41) is 11.6. The Morgan fingerprint density at radius 1 is 1.03 bits per heavy atom. The molecule has 2 aromatic carbocycles. The van der Waals surface area contributed by atoms with Gasteiger partial charge in [-0.15, -0.1) is 0 Å². The molecule has 3 aromatic rings. The van der Waals surface area contributed by atoms with Crippen LogP contribution in [0, 0.1) is 4.77 Å². The molecule has 9 heteroatoms. The standard InChI is InChI=1S/C20H23N5O3S/c1-24(2)15-8-6-13(7-9-15)12-21-25-19(22-23-20(25)29)14-10-16(26-3)18(28-5)17(11-14)27-4/h6-12H,1-5H3,(H,23,29)/b21-12-. The van der Waals surface area contributed by atoms with Gasteiger partial charge in [-0.3, -0.25) is 0 Å². The zero-order valence-electron chi connectivity index (χ0n) is 17.0. The van der Waals surface area contributed by atoms with Gasteiger partial charge in [0.2, 0.25) is 10.5 Å². The lowest BCUT2D eigenvalue weighted by molar-refractivity contribution is 0.324. The van der Waals surface area contributed by atoms with Gasteiger partial charge in [-0.05, 0) is 42.0 Å². The van der Waals surface area contributed by atoms with Crippen molar-refractivity contribution >= 4 is 24.1 Å². The molecular weight excluding hydrogens is 390 g/mol. The number of aromatic amines is 1. The fraction of sp³-hybridized carbons (Fsp3) is 0.250. The van der Waals surface area contributed by atoms with Gasteiger partial charge in [0.1, 0.15) is 0 Å². The highest BCUT2D eigenvalue weighted by atomic mass is 32.1. The summed E-state index contributed by atoms with van der Waals surface area (Å²) in [7, 11) is 8.68. The van der Waals surface area contributed by atoms with Crippen molar-refractivity contribution in [2.75, 3.05) is 40.3 Å². The first kappa shape index (κ1) is 20.4. The SMILES string of the molecule is COc1cc(-c2n[nH]c(=S)n2/N=C\c2ccc(N(C)C)cc2)cc(OC)c1OC. The molecule has 0 unspecified atom stereocenters. The minimum Gasteiger partial charge on any atom is -0.493 e. The summed E-state index contributed by atoms with van der Waals surface area (Å²) in [5.41, 5.74) is 2.77. The third kappa shape index (κ3) is 4.24. The van der Waals surface area contributed by atoms with E-state index in [-0.39, 0.29) is 0 Å². The van der Waals surface area contributed by atoms with Crippen LogP contribution in [0.4, 0.5) is 5.69 Å². The predicted octanol–water partition coefficient (Wildman–Crippen LogP) is 3.58. The number of nitrogens with zero attached hydrogens (tertiary/aromatic N) is 4. The van der Waals surface area contributed by atoms with Crippen LogP contribution in [-0.2, 0) is 0 Å². The Balaban J connectivity index is 2.01. The van der Waals surface area contributed by atoms with E-state index in [2.05, 4.69) is 15.3 Å². The van der Waals surface area contributed by atoms with Crippen molar-refractivity contribution in [2.45, 2.75) is 0 Å². The Hall–Kier alpha value is -3.33. The van der Waals surface area contributed by atoms with Crippen molar-refractivity contribution in [2.24, 2.45) is 5.10 Å². The van der Waals surface area contributed by atoms with Crippen LogP contribution in [0.25, 0.3) is 11.4 Å². The molecule has 1 aromatic heterocycles. The normalized spacial score (nSPS) is 10.9. The highest BCUT2D eigenvalue weighted by Gasteiger charge is 2.17. The lowest BCUT2D eigenvalue weighted by Crippen LogP contribution is -2.08. The molecule has 0 aliphatic rings. The number of anilines is 1. The molecule has 0 spiro atoms. The predicted molar refractivity (Wildman–Crippen MR) is 116 cm³/mol. The molecule has 0 bridgehead atoms. The maximum absolute atomic E-state index is 5.43. The average Bonchev–Trinajstić information content (AvgIpc) is 3.11. The van der Waals surface area contributed by atoms with Gasteiger partial charge in [0, 0.05) is 25.3 Å². The van der Waals surface area contributed by atoms with Crippen molar-refractivity contribution in [1.29, 1.82) is 0 Å². The third-order valence-corrected chi connectivity index (χ3v) is 4.57. The second-order valence-corrected chi connectivity index (χ2v) is 6.70. The summed E-state index contributed by atoms with van der Waals surface area (Å²) < 4.78 is 18.2. The molecule has 0 atom stereocenters. The molecule has 0 aliphatic carbocycles. The average molecular weight is 414 g/mol. The van der Waals surface area contributed by atoms with E-state index in [4.69, 9.17) is 26.4 Å². The Labute approximate surface area is 174 Å². The van der Waals surface area contributed by atoms with Crippen molar-refractivity contribution < 1.29 is 14.2 Å². The second-order valence-electron chi connectivity index (χ2n) is 6.31. The van der Waals surface area contributed by atoms with Gasteiger partial charge in [-0.1, -0.05) is 12.1 Å². The summed E-state index contributed by atoms with van der Waals surface area (Å²) in [5.74, 6) is 2.07. The smallest absolute Gasteiger partial charge is 0.216 e. The van der Waals surface area contributed by atoms with E-state index in [1.54, 1.807) is 44.4 Å². The monoisotopic (exact) mass is 413 g/mol. The van der Waals surface area contributed by atoms with Crippen LogP contribution in [0.1, 0.15) is 5.56 Å². The quantitative estimate of drug-likeness (QED) is 0.471. The molecule has 0 saturated carbocycles. The minimum absolute atomic E-state index is 0.370. The summed E-state index contributed by atoms with van der Waals surface area (Å²) in [4.78, 5) is 2.04. The number of rotatable bonds is 7. The van der Waals surface area contributed by atoms with Crippen molar-refractivity contribution in [3.63, 3.8) is 0 Å². The highest BCUT2D eigenvalue weighted by Crippen LogP contribution is 2.40. The number of H-pyrrole nitrogens is 1. The van der Waals surface area contributed by atoms with E-state index >= 15 is 0 Å². The molecule has 1 N–H and O–H groups in total.